The minimum absolute atomic E-state index is 0.0686. The number of rotatable bonds is 6. The molecule has 132 valence electrons. The number of nitrogens with zero attached hydrogens (tertiary/aromatic N) is 1. The van der Waals surface area contributed by atoms with Gasteiger partial charge < -0.3 is 16.4 Å². The zero-order valence-corrected chi connectivity index (χ0v) is 14.5. The van der Waals surface area contributed by atoms with Crippen LogP contribution in [-0.2, 0) is 6.54 Å². The predicted octanol–water partition coefficient (Wildman–Crippen LogP) is 1.85. The minimum atomic E-state index is -0.558. The largest absolute Gasteiger partial charge is 0.352 e. The van der Waals surface area contributed by atoms with E-state index in [1.807, 2.05) is 12.1 Å². The number of primary amides is 1. The highest BCUT2D eigenvalue weighted by molar-refractivity contribution is 5.94. The number of carbonyl (C=O) groups is 2. The molecule has 0 bridgehead atoms. The minimum Gasteiger partial charge on any atom is -0.352 e. The molecule has 1 aromatic rings. The van der Waals surface area contributed by atoms with Gasteiger partial charge >= 0.3 is 6.03 Å². The fourth-order valence-corrected chi connectivity index (χ4v) is 3.20. The summed E-state index contributed by atoms with van der Waals surface area (Å²) in [5, 5.41) is 5.54. The van der Waals surface area contributed by atoms with E-state index >= 15 is 0 Å². The van der Waals surface area contributed by atoms with E-state index in [0.29, 0.717) is 30.7 Å². The van der Waals surface area contributed by atoms with Crippen LogP contribution < -0.4 is 16.4 Å². The van der Waals surface area contributed by atoms with Crippen LogP contribution in [0.25, 0.3) is 0 Å². The smallest absolute Gasteiger partial charge is 0.312 e. The summed E-state index contributed by atoms with van der Waals surface area (Å²) in [6, 6.07) is 7.54. The van der Waals surface area contributed by atoms with Gasteiger partial charge in [0, 0.05) is 30.7 Å². The second kappa shape index (κ2) is 8.68. The number of hydrogen-bond acceptors (Lipinski definition) is 3. The number of carbonyl (C=O) groups excluding carboxylic acids is 2. The number of amides is 3. The molecule has 4 N–H and O–H groups in total. The van der Waals surface area contributed by atoms with Crippen molar-refractivity contribution in [3.05, 3.63) is 35.4 Å². The Kier molecular flexibility index (Phi) is 6.61. The molecule has 2 rings (SSSR count). The molecule has 1 aliphatic rings. The summed E-state index contributed by atoms with van der Waals surface area (Å²) in [5.41, 5.74) is 6.56. The van der Waals surface area contributed by atoms with Gasteiger partial charge in [-0.15, -0.1) is 0 Å². The first kappa shape index (κ1) is 18.3. The summed E-state index contributed by atoms with van der Waals surface area (Å²) in [7, 11) is 0. The van der Waals surface area contributed by atoms with Gasteiger partial charge in [0.05, 0.1) is 0 Å². The molecular formula is C18H28N4O2. The van der Waals surface area contributed by atoms with Crippen molar-refractivity contribution in [2.45, 2.75) is 51.7 Å². The molecule has 1 saturated heterocycles. The van der Waals surface area contributed by atoms with Crippen molar-refractivity contribution in [2.24, 2.45) is 5.73 Å². The lowest BCUT2D eigenvalue weighted by atomic mass is 10.0. The van der Waals surface area contributed by atoms with Gasteiger partial charge in [-0.05, 0) is 50.9 Å². The van der Waals surface area contributed by atoms with Crippen molar-refractivity contribution < 1.29 is 9.59 Å². The molecule has 1 aromatic carbocycles. The first-order valence-corrected chi connectivity index (χ1v) is 8.63. The average molecular weight is 332 g/mol. The average Bonchev–Trinajstić information content (AvgIpc) is 2.58. The summed E-state index contributed by atoms with van der Waals surface area (Å²) in [4.78, 5) is 25.4. The Morgan fingerprint density at radius 2 is 1.96 bits per heavy atom. The van der Waals surface area contributed by atoms with Crippen molar-refractivity contribution >= 4 is 11.9 Å². The number of benzene rings is 1. The first-order valence-electron chi connectivity index (χ1n) is 8.63. The Morgan fingerprint density at radius 3 is 2.58 bits per heavy atom. The molecule has 6 nitrogen and oxygen atoms in total. The molecule has 2 unspecified atom stereocenters. The van der Waals surface area contributed by atoms with Crippen LogP contribution in [0.1, 0.15) is 49.0 Å². The zero-order valence-electron chi connectivity index (χ0n) is 14.5. The molecule has 0 aromatic heterocycles. The van der Waals surface area contributed by atoms with Gasteiger partial charge in [0.25, 0.3) is 5.91 Å². The Hall–Kier alpha value is -2.08. The second-order valence-electron chi connectivity index (χ2n) is 6.56. The number of likely N-dealkylation sites (tertiary alicyclic amines) is 1. The van der Waals surface area contributed by atoms with Crippen LogP contribution in [0.3, 0.4) is 0 Å². The standard InChI is InChI=1S/C18H28N4O2/c1-13-5-3-4-10-22(13)14(2)11-20-17(23)16-8-6-15(7-9-16)12-21-18(19)24/h6-9,13-14H,3-5,10-12H2,1-2H3,(H,20,23)(H3,19,21,24). The molecular weight excluding hydrogens is 304 g/mol. The van der Waals surface area contributed by atoms with E-state index in [9.17, 15) is 9.59 Å². The van der Waals surface area contributed by atoms with Crippen LogP contribution in [0, 0.1) is 0 Å². The second-order valence-corrected chi connectivity index (χ2v) is 6.56. The lowest BCUT2D eigenvalue weighted by Crippen LogP contribution is -2.48. The molecule has 0 spiro atoms. The molecule has 2 atom stereocenters. The van der Waals surface area contributed by atoms with E-state index in [2.05, 4.69) is 29.4 Å². The molecule has 0 aliphatic carbocycles. The monoisotopic (exact) mass is 332 g/mol. The van der Waals surface area contributed by atoms with Gasteiger partial charge in [-0.2, -0.15) is 0 Å². The van der Waals surface area contributed by atoms with Gasteiger partial charge in [-0.25, -0.2) is 4.79 Å². The Balaban J connectivity index is 1.82. The number of piperidine rings is 1. The summed E-state index contributed by atoms with van der Waals surface area (Å²) in [6.45, 7) is 6.55. The van der Waals surface area contributed by atoms with E-state index in [1.54, 1.807) is 12.1 Å². The summed E-state index contributed by atoms with van der Waals surface area (Å²) >= 11 is 0. The predicted molar refractivity (Wildman–Crippen MR) is 94.7 cm³/mol. The van der Waals surface area contributed by atoms with Crippen LogP contribution in [0.2, 0.25) is 0 Å². The molecule has 3 amide bonds. The lowest BCUT2D eigenvalue weighted by molar-refractivity contribution is 0.0886. The normalized spacial score (nSPS) is 19.5. The van der Waals surface area contributed by atoms with Gasteiger partial charge in [0.1, 0.15) is 0 Å². The van der Waals surface area contributed by atoms with Crippen molar-refractivity contribution in [3.63, 3.8) is 0 Å². The SMILES string of the molecule is CC1CCCCN1C(C)CNC(=O)c1ccc(CNC(N)=O)cc1. The Bertz CT molecular complexity index is 559. The fraction of sp³-hybridized carbons (Fsp3) is 0.556. The van der Waals surface area contributed by atoms with E-state index < -0.39 is 6.03 Å². The maximum Gasteiger partial charge on any atom is 0.312 e. The quantitative estimate of drug-likeness (QED) is 0.743. The maximum absolute atomic E-state index is 12.3. The van der Waals surface area contributed by atoms with E-state index in [4.69, 9.17) is 5.73 Å². The summed E-state index contributed by atoms with van der Waals surface area (Å²) < 4.78 is 0. The first-order chi connectivity index (χ1) is 11.5. The molecule has 0 radical (unpaired) electrons. The number of nitrogens with one attached hydrogen (secondary N) is 2. The van der Waals surface area contributed by atoms with Crippen molar-refractivity contribution in [1.29, 1.82) is 0 Å². The summed E-state index contributed by atoms with van der Waals surface area (Å²) in [5.74, 6) is -0.0686. The number of urea groups is 1. The zero-order chi connectivity index (χ0) is 17.5. The van der Waals surface area contributed by atoms with Crippen LogP contribution in [-0.4, -0.2) is 42.0 Å². The third kappa shape index (κ3) is 5.23. The van der Waals surface area contributed by atoms with Crippen molar-refractivity contribution in [3.8, 4) is 0 Å². The molecule has 1 aliphatic heterocycles. The molecule has 24 heavy (non-hydrogen) atoms. The van der Waals surface area contributed by atoms with E-state index in [-0.39, 0.29) is 5.91 Å². The third-order valence-electron chi connectivity index (χ3n) is 4.66. The fourth-order valence-electron chi connectivity index (χ4n) is 3.20. The third-order valence-corrected chi connectivity index (χ3v) is 4.66. The number of nitrogens with two attached hydrogens (primary N) is 1. The van der Waals surface area contributed by atoms with E-state index in [0.717, 1.165) is 12.1 Å². The number of hydrogen-bond donors (Lipinski definition) is 3. The van der Waals surface area contributed by atoms with Gasteiger partial charge in [0.2, 0.25) is 0 Å². The topological polar surface area (TPSA) is 87.5 Å². The van der Waals surface area contributed by atoms with Gasteiger partial charge in [-0.3, -0.25) is 9.69 Å². The Labute approximate surface area is 143 Å². The molecule has 6 heteroatoms. The highest BCUT2D eigenvalue weighted by Gasteiger charge is 2.23. The highest BCUT2D eigenvalue weighted by atomic mass is 16.2. The van der Waals surface area contributed by atoms with Crippen molar-refractivity contribution in [2.75, 3.05) is 13.1 Å². The van der Waals surface area contributed by atoms with Gasteiger partial charge in [0.15, 0.2) is 0 Å². The maximum atomic E-state index is 12.3. The summed E-state index contributed by atoms with van der Waals surface area (Å²) in [6.07, 6.45) is 3.77. The molecule has 0 saturated carbocycles. The van der Waals surface area contributed by atoms with Crippen LogP contribution in [0.5, 0.6) is 0 Å². The van der Waals surface area contributed by atoms with Crippen LogP contribution in [0.15, 0.2) is 24.3 Å². The van der Waals surface area contributed by atoms with Gasteiger partial charge in [-0.1, -0.05) is 18.6 Å². The molecule has 1 heterocycles. The van der Waals surface area contributed by atoms with Crippen molar-refractivity contribution in [1.82, 2.24) is 15.5 Å². The van der Waals surface area contributed by atoms with Crippen LogP contribution >= 0.6 is 0 Å². The lowest BCUT2D eigenvalue weighted by Gasteiger charge is -2.38. The highest BCUT2D eigenvalue weighted by Crippen LogP contribution is 2.18. The van der Waals surface area contributed by atoms with E-state index in [1.165, 1.54) is 19.3 Å². The van der Waals surface area contributed by atoms with Crippen LogP contribution in [0.4, 0.5) is 4.79 Å². The molecule has 1 fully saturated rings. The Morgan fingerprint density at radius 1 is 1.25 bits per heavy atom.